The summed E-state index contributed by atoms with van der Waals surface area (Å²) in [7, 11) is 0. The van der Waals surface area contributed by atoms with E-state index in [2.05, 4.69) is 17.6 Å². The van der Waals surface area contributed by atoms with Crippen molar-refractivity contribution >= 4 is 11.9 Å². The molecule has 5 heteroatoms. The fourth-order valence-electron chi connectivity index (χ4n) is 3.23. The Labute approximate surface area is 114 Å². The normalized spacial score (nSPS) is 38.9. The van der Waals surface area contributed by atoms with Gasteiger partial charge in [0.25, 0.3) is 0 Å². The van der Waals surface area contributed by atoms with Crippen molar-refractivity contribution in [2.45, 2.75) is 58.0 Å². The van der Waals surface area contributed by atoms with Crippen LogP contribution < -0.4 is 10.6 Å². The molecule has 5 nitrogen and oxygen atoms in total. The Kier molecular flexibility index (Phi) is 4.13. The quantitative estimate of drug-likeness (QED) is 0.717. The van der Waals surface area contributed by atoms with Gasteiger partial charge in [0.2, 0.25) is 5.91 Å². The van der Waals surface area contributed by atoms with Crippen LogP contribution in [0.3, 0.4) is 0 Å². The SMILES string of the molecule is CC1CCNC(C(=O)NC2CCCC2(C)C(=O)O)C1. The Balaban J connectivity index is 1.96. The van der Waals surface area contributed by atoms with Crippen molar-refractivity contribution in [3.05, 3.63) is 0 Å². The summed E-state index contributed by atoms with van der Waals surface area (Å²) in [6, 6.07) is -0.404. The Hall–Kier alpha value is -1.10. The third-order valence-electron chi connectivity index (χ3n) is 4.75. The van der Waals surface area contributed by atoms with Gasteiger partial charge in [-0.3, -0.25) is 9.59 Å². The van der Waals surface area contributed by atoms with Gasteiger partial charge in [-0.1, -0.05) is 13.3 Å². The van der Waals surface area contributed by atoms with E-state index >= 15 is 0 Å². The summed E-state index contributed by atoms with van der Waals surface area (Å²) in [6.07, 6.45) is 4.20. The van der Waals surface area contributed by atoms with E-state index in [0.29, 0.717) is 12.3 Å². The Bertz CT molecular complexity index is 372. The molecule has 1 aliphatic heterocycles. The molecule has 1 heterocycles. The van der Waals surface area contributed by atoms with E-state index in [-0.39, 0.29) is 18.0 Å². The molecule has 0 spiro atoms. The van der Waals surface area contributed by atoms with Crippen LogP contribution in [-0.4, -0.2) is 35.6 Å². The first-order chi connectivity index (χ1) is 8.93. The largest absolute Gasteiger partial charge is 0.481 e. The molecule has 1 saturated heterocycles. The fourth-order valence-corrected chi connectivity index (χ4v) is 3.23. The van der Waals surface area contributed by atoms with Gasteiger partial charge in [-0.2, -0.15) is 0 Å². The van der Waals surface area contributed by atoms with Gasteiger partial charge in [-0.25, -0.2) is 0 Å². The maximum absolute atomic E-state index is 12.2. The average molecular weight is 268 g/mol. The first kappa shape index (κ1) is 14.3. The molecule has 2 aliphatic rings. The second-order valence-corrected chi connectivity index (χ2v) is 6.31. The zero-order chi connectivity index (χ0) is 14.0. The molecule has 0 bridgehead atoms. The van der Waals surface area contributed by atoms with Crippen LogP contribution in [0.15, 0.2) is 0 Å². The predicted molar refractivity (Wildman–Crippen MR) is 71.7 cm³/mol. The number of carbonyl (C=O) groups excluding carboxylic acids is 1. The fraction of sp³-hybridized carbons (Fsp3) is 0.857. The first-order valence-corrected chi connectivity index (χ1v) is 7.20. The van der Waals surface area contributed by atoms with E-state index < -0.39 is 11.4 Å². The standard InChI is InChI=1S/C14H24N2O3/c1-9-5-7-15-10(8-9)12(17)16-11-4-3-6-14(11,2)13(18)19/h9-11,15H,3-8H2,1-2H3,(H,16,17)(H,18,19). The highest BCUT2D eigenvalue weighted by Gasteiger charge is 2.46. The van der Waals surface area contributed by atoms with Crippen molar-refractivity contribution in [1.29, 1.82) is 0 Å². The number of hydrogen-bond acceptors (Lipinski definition) is 3. The van der Waals surface area contributed by atoms with Gasteiger partial charge in [0, 0.05) is 6.04 Å². The zero-order valence-corrected chi connectivity index (χ0v) is 11.7. The van der Waals surface area contributed by atoms with Crippen molar-refractivity contribution in [3.8, 4) is 0 Å². The van der Waals surface area contributed by atoms with E-state index in [1.165, 1.54) is 0 Å². The van der Waals surface area contributed by atoms with Crippen molar-refractivity contribution in [1.82, 2.24) is 10.6 Å². The molecule has 3 N–H and O–H groups in total. The third-order valence-corrected chi connectivity index (χ3v) is 4.75. The lowest BCUT2D eigenvalue weighted by Gasteiger charge is -2.32. The molecule has 0 aromatic carbocycles. The van der Waals surface area contributed by atoms with Crippen LogP contribution in [0.5, 0.6) is 0 Å². The molecule has 4 unspecified atom stereocenters. The molecule has 1 saturated carbocycles. The van der Waals surface area contributed by atoms with Crippen molar-refractivity contribution < 1.29 is 14.7 Å². The summed E-state index contributed by atoms with van der Waals surface area (Å²) in [5.41, 5.74) is -0.810. The average Bonchev–Trinajstić information content (AvgIpc) is 2.72. The lowest BCUT2D eigenvalue weighted by atomic mass is 9.84. The molecule has 0 aromatic heterocycles. The summed E-state index contributed by atoms with van der Waals surface area (Å²) >= 11 is 0. The predicted octanol–water partition coefficient (Wildman–Crippen LogP) is 1.13. The number of nitrogens with one attached hydrogen (secondary N) is 2. The Morgan fingerprint density at radius 3 is 2.74 bits per heavy atom. The van der Waals surface area contributed by atoms with E-state index in [1.54, 1.807) is 6.92 Å². The molecule has 19 heavy (non-hydrogen) atoms. The number of piperidine rings is 1. The minimum absolute atomic E-state index is 0.0362. The Morgan fingerprint density at radius 2 is 2.11 bits per heavy atom. The molecule has 0 radical (unpaired) electrons. The highest BCUT2D eigenvalue weighted by molar-refractivity contribution is 5.84. The summed E-state index contributed by atoms with van der Waals surface area (Å²) in [6.45, 7) is 4.75. The van der Waals surface area contributed by atoms with Gasteiger partial charge >= 0.3 is 5.97 Å². The molecular weight excluding hydrogens is 244 g/mol. The number of rotatable bonds is 3. The maximum Gasteiger partial charge on any atom is 0.311 e. The summed E-state index contributed by atoms with van der Waals surface area (Å²) < 4.78 is 0. The van der Waals surface area contributed by atoms with Gasteiger partial charge in [0.1, 0.15) is 0 Å². The van der Waals surface area contributed by atoms with Gasteiger partial charge < -0.3 is 15.7 Å². The minimum atomic E-state index is -0.810. The zero-order valence-electron chi connectivity index (χ0n) is 11.7. The molecule has 0 aromatic rings. The number of carboxylic acids is 1. The van der Waals surface area contributed by atoms with Gasteiger partial charge in [-0.15, -0.1) is 0 Å². The monoisotopic (exact) mass is 268 g/mol. The van der Waals surface area contributed by atoms with Gasteiger partial charge in [0.15, 0.2) is 0 Å². The highest BCUT2D eigenvalue weighted by atomic mass is 16.4. The van der Waals surface area contributed by atoms with Gasteiger partial charge in [-0.05, 0) is 45.1 Å². The summed E-state index contributed by atoms with van der Waals surface area (Å²) in [5, 5.41) is 15.5. The van der Waals surface area contributed by atoms with Crippen LogP contribution in [0, 0.1) is 11.3 Å². The topological polar surface area (TPSA) is 78.4 Å². The van der Waals surface area contributed by atoms with Crippen LogP contribution >= 0.6 is 0 Å². The number of aliphatic carboxylic acids is 1. The van der Waals surface area contributed by atoms with Crippen molar-refractivity contribution in [2.75, 3.05) is 6.54 Å². The minimum Gasteiger partial charge on any atom is -0.481 e. The molecule has 1 amide bonds. The number of amides is 1. The number of carbonyl (C=O) groups is 2. The van der Waals surface area contributed by atoms with Crippen LogP contribution in [0.2, 0.25) is 0 Å². The van der Waals surface area contributed by atoms with E-state index in [9.17, 15) is 14.7 Å². The van der Waals surface area contributed by atoms with E-state index in [0.717, 1.165) is 32.2 Å². The molecule has 4 atom stereocenters. The van der Waals surface area contributed by atoms with Crippen LogP contribution in [-0.2, 0) is 9.59 Å². The maximum atomic E-state index is 12.2. The lowest BCUT2D eigenvalue weighted by Crippen LogP contribution is -2.54. The number of carboxylic acid groups (broad SMARTS) is 1. The van der Waals surface area contributed by atoms with Crippen LogP contribution in [0.25, 0.3) is 0 Å². The van der Waals surface area contributed by atoms with E-state index in [4.69, 9.17) is 0 Å². The molecule has 108 valence electrons. The second kappa shape index (κ2) is 5.49. The molecular formula is C14H24N2O3. The second-order valence-electron chi connectivity index (χ2n) is 6.31. The smallest absolute Gasteiger partial charge is 0.311 e. The van der Waals surface area contributed by atoms with Crippen molar-refractivity contribution in [3.63, 3.8) is 0 Å². The molecule has 2 fully saturated rings. The highest BCUT2D eigenvalue weighted by Crippen LogP contribution is 2.38. The number of hydrogen-bond donors (Lipinski definition) is 3. The van der Waals surface area contributed by atoms with Crippen molar-refractivity contribution in [2.24, 2.45) is 11.3 Å². The summed E-state index contributed by atoms with van der Waals surface area (Å²) in [4.78, 5) is 23.6. The Morgan fingerprint density at radius 1 is 1.37 bits per heavy atom. The lowest BCUT2D eigenvalue weighted by molar-refractivity contribution is -0.149. The van der Waals surface area contributed by atoms with Crippen LogP contribution in [0.4, 0.5) is 0 Å². The molecule has 1 aliphatic carbocycles. The van der Waals surface area contributed by atoms with Gasteiger partial charge in [0.05, 0.1) is 11.5 Å². The molecule has 2 rings (SSSR count). The third kappa shape index (κ3) is 2.91. The van der Waals surface area contributed by atoms with Crippen LogP contribution in [0.1, 0.15) is 46.0 Å². The van der Waals surface area contributed by atoms with E-state index in [1.807, 2.05) is 0 Å². The summed E-state index contributed by atoms with van der Waals surface area (Å²) in [5.74, 6) is -0.294. The first-order valence-electron chi connectivity index (χ1n) is 7.20.